The van der Waals surface area contributed by atoms with Crippen LogP contribution < -0.4 is 5.32 Å². The van der Waals surface area contributed by atoms with Crippen LogP contribution in [0, 0.1) is 6.92 Å². The lowest BCUT2D eigenvalue weighted by molar-refractivity contribution is -0.142. The number of hydrogen-bond donors (Lipinski definition) is 1. The Morgan fingerprint density at radius 2 is 1.76 bits per heavy atom. The predicted molar refractivity (Wildman–Crippen MR) is 101 cm³/mol. The molecule has 4 nitrogen and oxygen atoms in total. The molecular weight excluding hydrogens is 385 g/mol. The summed E-state index contributed by atoms with van der Waals surface area (Å²) in [6.45, 7) is 1.42. The van der Waals surface area contributed by atoms with E-state index in [0.717, 1.165) is 5.56 Å². The molecule has 2 aromatic rings. The summed E-state index contributed by atoms with van der Waals surface area (Å²) in [5.41, 5.74) is 2.03. The summed E-state index contributed by atoms with van der Waals surface area (Å²) < 4.78 is 4.89. The molecule has 0 aliphatic heterocycles. The summed E-state index contributed by atoms with van der Waals surface area (Å²) in [7, 11) is 0. The second-order valence-electron chi connectivity index (χ2n) is 5.11. The average Bonchev–Trinajstić information content (AvgIpc) is 2.55. The topological polar surface area (TPSA) is 55.4 Å². The van der Waals surface area contributed by atoms with Crippen LogP contribution in [0.4, 0.5) is 5.69 Å². The zero-order valence-corrected chi connectivity index (χ0v) is 15.5. The lowest BCUT2D eigenvalue weighted by Gasteiger charge is -2.08. The van der Waals surface area contributed by atoms with E-state index in [1.807, 2.05) is 6.92 Å². The van der Waals surface area contributed by atoms with E-state index >= 15 is 0 Å². The van der Waals surface area contributed by atoms with Crippen LogP contribution >= 0.6 is 34.8 Å². The molecule has 25 heavy (non-hydrogen) atoms. The van der Waals surface area contributed by atoms with Gasteiger partial charge in [-0.15, -0.1) is 0 Å². The lowest BCUT2D eigenvalue weighted by Crippen LogP contribution is -2.20. The van der Waals surface area contributed by atoms with E-state index in [-0.39, 0.29) is 0 Å². The lowest BCUT2D eigenvalue weighted by atomic mass is 10.2. The molecule has 0 saturated carbocycles. The Morgan fingerprint density at radius 1 is 1.08 bits per heavy atom. The summed E-state index contributed by atoms with van der Waals surface area (Å²) >= 11 is 17.7. The van der Waals surface area contributed by atoms with E-state index in [0.29, 0.717) is 26.3 Å². The van der Waals surface area contributed by atoms with Gasteiger partial charge >= 0.3 is 5.97 Å². The van der Waals surface area contributed by atoms with Crippen molar-refractivity contribution in [1.82, 2.24) is 0 Å². The van der Waals surface area contributed by atoms with Crippen molar-refractivity contribution in [3.8, 4) is 0 Å². The fourth-order valence-corrected chi connectivity index (χ4v) is 2.54. The van der Waals surface area contributed by atoms with E-state index < -0.39 is 18.5 Å². The minimum atomic E-state index is -0.663. The monoisotopic (exact) mass is 397 g/mol. The molecule has 2 rings (SSSR count). The Labute approximate surface area is 160 Å². The number of carbonyl (C=O) groups is 2. The van der Waals surface area contributed by atoms with Gasteiger partial charge in [-0.05, 0) is 48.4 Å². The van der Waals surface area contributed by atoms with Crippen LogP contribution in [0.5, 0.6) is 0 Å². The highest BCUT2D eigenvalue weighted by Crippen LogP contribution is 2.22. The second kappa shape index (κ2) is 8.90. The highest BCUT2D eigenvalue weighted by atomic mass is 35.5. The Bertz CT molecular complexity index is 834. The largest absolute Gasteiger partial charge is 0.452 e. The highest BCUT2D eigenvalue weighted by Gasteiger charge is 2.08. The van der Waals surface area contributed by atoms with E-state index in [1.165, 1.54) is 12.2 Å². The summed E-state index contributed by atoms with van der Waals surface area (Å²) in [6.07, 6.45) is 2.67. The van der Waals surface area contributed by atoms with Gasteiger partial charge in [-0.3, -0.25) is 4.79 Å². The number of aryl methyl sites for hydroxylation is 1. The first-order valence-electron chi connectivity index (χ1n) is 7.21. The fourth-order valence-electron chi connectivity index (χ4n) is 1.89. The molecule has 0 radical (unpaired) electrons. The number of carbonyl (C=O) groups excluding carboxylic acids is 2. The van der Waals surface area contributed by atoms with Crippen molar-refractivity contribution in [3.05, 3.63) is 68.7 Å². The SMILES string of the molecule is Cc1ccc(Cl)cc1NC(=O)COC(=O)C=Cc1ccc(Cl)cc1Cl. The molecule has 0 heterocycles. The molecule has 1 amide bonds. The Balaban J connectivity index is 1.87. The van der Waals surface area contributed by atoms with Crippen LogP contribution in [-0.2, 0) is 14.3 Å². The van der Waals surface area contributed by atoms with Gasteiger partial charge in [0, 0.05) is 26.8 Å². The number of halogens is 3. The zero-order chi connectivity index (χ0) is 18.4. The minimum absolute atomic E-state index is 0.408. The predicted octanol–water partition coefficient (Wildman–Crippen LogP) is 5.15. The number of benzene rings is 2. The van der Waals surface area contributed by atoms with Crippen molar-refractivity contribution in [2.75, 3.05) is 11.9 Å². The summed E-state index contributed by atoms with van der Waals surface area (Å²) in [5, 5.41) is 4.04. The number of nitrogens with one attached hydrogen (secondary N) is 1. The third kappa shape index (κ3) is 6.09. The normalized spacial score (nSPS) is 10.7. The van der Waals surface area contributed by atoms with Gasteiger partial charge < -0.3 is 10.1 Å². The molecule has 0 unspecified atom stereocenters. The zero-order valence-electron chi connectivity index (χ0n) is 13.2. The number of ether oxygens (including phenoxy) is 1. The number of esters is 1. The van der Waals surface area contributed by atoms with Crippen molar-refractivity contribution in [1.29, 1.82) is 0 Å². The van der Waals surface area contributed by atoms with Crippen LogP contribution in [0.1, 0.15) is 11.1 Å². The van der Waals surface area contributed by atoms with Crippen molar-refractivity contribution >= 4 is 58.4 Å². The first-order chi connectivity index (χ1) is 11.8. The standard InChI is InChI=1S/C18H14Cl3NO3/c1-11-2-5-14(20)9-16(11)22-17(23)10-25-18(24)7-4-12-3-6-13(19)8-15(12)21/h2-9H,10H2,1H3,(H,22,23). The first kappa shape index (κ1) is 19.3. The molecule has 0 aromatic heterocycles. The van der Waals surface area contributed by atoms with Gasteiger partial charge in [0.05, 0.1) is 0 Å². The first-order valence-corrected chi connectivity index (χ1v) is 8.34. The maximum Gasteiger partial charge on any atom is 0.331 e. The van der Waals surface area contributed by atoms with E-state index in [9.17, 15) is 9.59 Å². The molecule has 0 bridgehead atoms. The molecule has 130 valence electrons. The van der Waals surface area contributed by atoms with Gasteiger partial charge in [0.2, 0.25) is 0 Å². The Morgan fingerprint density at radius 3 is 2.48 bits per heavy atom. The molecule has 0 atom stereocenters. The molecule has 0 aliphatic carbocycles. The van der Waals surface area contributed by atoms with E-state index in [1.54, 1.807) is 36.4 Å². The Hall–Kier alpha value is -2.01. The van der Waals surface area contributed by atoms with Crippen LogP contribution in [0.25, 0.3) is 6.08 Å². The molecule has 7 heteroatoms. The van der Waals surface area contributed by atoms with Crippen molar-refractivity contribution in [2.24, 2.45) is 0 Å². The van der Waals surface area contributed by atoms with Crippen molar-refractivity contribution in [3.63, 3.8) is 0 Å². The average molecular weight is 399 g/mol. The smallest absolute Gasteiger partial charge is 0.331 e. The molecule has 0 fully saturated rings. The summed E-state index contributed by atoms with van der Waals surface area (Å²) in [6, 6.07) is 10.0. The molecule has 0 aliphatic rings. The Kier molecular flexibility index (Phi) is 6.88. The maximum absolute atomic E-state index is 11.9. The number of anilines is 1. The number of rotatable bonds is 5. The summed E-state index contributed by atoms with van der Waals surface area (Å²) in [4.78, 5) is 23.5. The van der Waals surface area contributed by atoms with Crippen LogP contribution in [0.2, 0.25) is 15.1 Å². The molecule has 1 N–H and O–H groups in total. The number of amides is 1. The summed E-state index contributed by atoms with van der Waals surface area (Å²) in [5.74, 6) is -1.12. The molecule has 0 spiro atoms. The van der Waals surface area contributed by atoms with E-state index in [2.05, 4.69) is 5.32 Å². The maximum atomic E-state index is 11.9. The third-order valence-corrected chi connectivity index (χ3v) is 3.98. The van der Waals surface area contributed by atoms with Gasteiger partial charge in [0.1, 0.15) is 0 Å². The van der Waals surface area contributed by atoms with Crippen LogP contribution in [0.15, 0.2) is 42.5 Å². The quantitative estimate of drug-likeness (QED) is 0.560. The van der Waals surface area contributed by atoms with Crippen LogP contribution in [-0.4, -0.2) is 18.5 Å². The molecule has 0 saturated heterocycles. The van der Waals surface area contributed by atoms with Gasteiger partial charge in [-0.2, -0.15) is 0 Å². The third-order valence-electron chi connectivity index (χ3n) is 3.18. The van der Waals surface area contributed by atoms with Crippen LogP contribution in [0.3, 0.4) is 0 Å². The minimum Gasteiger partial charge on any atom is -0.452 e. The van der Waals surface area contributed by atoms with Crippen molar-refractivity contribution in [2.45, 2.75) is 6.92 Å². The highest BCUT2D eigenvalue weighted by molar-refractivity contribution is 6.35. The van der Waals surface area contributed by atoms with Gasteiger partial charge in [0.25, 0.3) is 5.91 Å². The van der Waals surface area contributed by atoms with Gasteiger partial charge in [-0.25, -0.2) is 4.79 Å². The van der Waals surface area contributed by atoms with Gasteiger partial charge in [0.15, 0.2) is 6.61 Å². The van der Waals surface area contributed by atoms with Crippen molar-refractivity contribution < 1.29 is 14.3 Å². The number of hydrogen-bond acceptors (Lipinski definition) is 3. The molecule has 2 aromatic carbocycles. The van der Waals surface area contributed by atoms with Gasteiger partial charge in [-0.1, -0.05) is 46.9 Å². The second-order valence-corrected chi connectivity index (χ2v) is 6.39. The fraction of sp³-hybridized carbons (Fsp3) is 0.111. The molecular formula is C18H14Cl3NO3. The van der Waals surface area contributed by atoms with E-state index in [4.69, 9.17) is 39.5 Å².